The second kappa shape index (κ2) is 15.0. The van der Waals surface area contributed by atoms with Crippen LogP contribution in [0.15, 0.2) is 144 Å². The number of aromatic nitrogens is 6. The molecule has 13 heteroatoms. The zero-order valence-corrected chi connectivity index (χ0v) is 35.3. The summed E-state index contributed by atoms with van der Waals surface area (Å²) in [6.07, 6.45) is 0. The molecule has 0 atom stereocenters. The van der Waals surface area contributed by atoms with Crippen LogP contribution in [0.1, 0.15) is 27.8 Å². The highest BCUT2D eigenvalue weighted by Gasteiger charge is 2.31. The number of nitriles is 2. The molecule has 0 saturated heterocycles. The normalized spacial score (nSPS) is 11.5. The molecule has 10 rings (SSSR count). The molecule has 0 bridgehead atoms. The molecule has 0 aliphatic heterocycles. The van der Waals surface area contributed by atoms with Gasteiger partial charge >= 0.3 is 0 Å². The van der Waals surface area contributed by atoms with E-state index in [9.17, 15) is 23.5 Å². The maximum atomic E-state index is 12.3. The van der Waals surface area contributed by atoms with Gasteiger partial charge in [0.05, 0.1) is 34.7 Å². The standard InChI is InChI=1S/C51H33N9O3S/c1-30-25-33(15-17-36(30)28-52)49-55-44-46(58(49)38-11-7-5-8-12-38)43-47(59(39-13-9-6-10-14-39)51(57-43)35-19-24-42(54-4)32(3)27-35)45-48(44)60(40-20-22-41(23-21-40)64(61,62)63)50(56-45)34-16-18-37(29-53)31(2)26-34/h5-27H,1-3H3,(H,61,62,63). The van der Waals surface area contributed by atoms with Crippen LogP contribution >= 0.6 is 0 Å². The molecule has 0 aliphatic carbocycles. The van der Waals surface area contributed by atoms with E-state index in [0.717, 1.165) is 39.2 Å². The van der Waals surface area contributed by atoms with Crippen LogP contribution in [-0.2, 0) is 10.1 Å². The second-order valence-corrected chi connectivity index (χ2v) is 16.9. The summed E-state index contributed by atoms with van der Waals surface area (Å²) < 4.78 is 40.7. The second-order valence-electron chi connectivity index (χ2n) is 15.4. The molecule has 0 spiro atoms. The fourth-order valence-corrected chi connectivity index (χ4v) is 8.92. The average molecular weight is 852 g/mol. The van der Waals surface area contributed by atoms with Crippen molar-refractivity contribution >= 4 is 48.9 Å². The highest BCUT2D eigenvalue weighted by molar-refractivity contribution is 7.85. The van der Waals surface area contributed by atoms with Gasteiger partial charge in [0.25, 0.3) is 10.1 Å². The van der Waals surface area contributed by atoms with E-state index in [2.05, 4.69) is 26.1 Å². The Hall–Kier alpha value is -8.67. The van der Waals surface area contributed by atoms with Crippen LogP contribution in [0.5, 0.6) is 0 Å². The number of imidazole rings is 3. The number of aryl methyl sites for hydroxylation is 3. The van der Waals surface area contributed by atoms with Crippen LogP contribution < -0.4 is 0 Å². The number of hydrogen-bond acceptors (Lipinski definition) is 7. The smallest absolute Gasteiger partial charge is 0.290 e. The summed E-state index contributed by atoms with van der Waals surface area (Å²) in [4.78, 5) is 20.0. The molecule has 1 N–H and O–H groups in total. The summed E-state index contributed by atoms with van der Waals surface area (Å²) in [5.41, 5.74) is 11.7. The third-order valence-corrected chi connectivity index (χ3v) is 12.4. The summed E-state index contributed by atoms with van der Waals surface area (Å²) in [5, 5.41) is 19.8. The van der Waals surface area contributed by atoms with E-state index in [1.807, 2.05) is 122 Å². The van der Waals surface area contributed by atoms with Crippen LogP contribution in [-0.4, -0.2) is 41.6 Å². The van der Waals surface area contributed by atoms with Gasteiger partial charge in [0, 0.05) is 33.8 Å². The predicted molar refractivity (Wildman–Crippen MR) is 246 cm³/mol. The molecule has 64 heavy (non-hydrogen) atoms. The quantitative estimate of drug-likeness (QED) is 0.122. The Labute approximate surface area is 367 Å². The van der Waals surface area contributed by atoms with Crippen LogP contribution in [0.25, 0.3) is 89.2 Å². The highest BCUT2D eigenvalue weighted by Crippen LogP contribution is 2.45. The lowest BCUT2D eigenvalue weighted by Crippen LogP contribution is -2.02. The van der Waals surface area contributed by atoms with Crippen molar-refractivity contribution in [3.8, 4) is 63.4 Å². The molecule has 0 saturated carbocycles. The van der Waals surface area contributed by atoms with E-state index in [4.69, 9.17) is 21.5 Å². The predicted octanol–water partition coefficient (Wildman–Crippen LogP) is 11.2. The number of para-hydroxylation sites is 2. The van der Waals surface area contributed by atoms with Crippen LogP contribution in [0.3, 0.4) is 0 Å². The molecule has 0 radical (unpaired) electrons. The molecule has 12 nitrogen and oxygen atoms in total. The van der Waals surface area contributed by atoms with Crippen molar-refractivity contribution in [3.05, 3.63) is 179 Å². The lowest BCUT2D eigenvalue weighted by atomic mass is 10.1. The van der Waals surface area contributed by atoms with Crippen molar-refractivity contribution in [2.24, 2.45) is 0 Å². The summed E-state index contributed by atoms with van der Waals surface area (Å²) in [7, 11) is -4.53. The summed E-state index contributed by atoms with van der Waals surface area (Å²) in [6.45, 7) is 13.4. The molecule has 0 amide bonds. The number of rotatable bonds is 7. The molecule has 0 unspecified atom stereocenters. The zero-order valence-electron chi connectivity index (χ0n) is 34.5. The van der Waals surface area contributed by atoms with E-state index >= 15 is 0 Å². The SMILES string of the molecule is [C-]#[N+]c1ccc(-c2nc3c4c(nc(-c5ccc(C#N)c(C)c5)n4-c4ccccc4)c4c(nc(-c5ccc(C#N)c(C)c5)n4-c4ccc(S(=O)(=O)O)cc4)c3n2-c2ccccc2)cc1C. The van der Waals surface area contributed by atoms with Gasteiger partial charge in [-0.05, 0) is 122 Å². The van der Waals surface area contributed by atoms with Crippen molar-refractivity contribution in [2.75, 3.05) is 0 Å². The molecule has 7 aromatic carbocycles. The molecule has 10 aromatic rings. The first kappa shape index (κ1) is 39.5. The Bertz CT molecular complexity index is 3740. The first-order chi connectivity index (χ1) is 31.0. The monoisotopic (exact) mass is 851 g/mol. The van der Waals surface area contributed by atoms with Gasteiger partial charge in [0.15, 0.2) is 5.69 Å². The molecular formula is C51H33N9O3S. The molecule has 306 valence electrons. The van der Waals surface area contributed by atoms with Gasteiger partial charge in [-0.15, -0.1) is 0 Å². The van der Waals surface area contributed by atoms with Gasteiger partial charge in [-0.3, -0.25) is 18.3 Å². The Morgan fingerprint density at radius 3 is 1.25 bits per heavy atom. The van der Waals surface area contributed by atoms with Gasteiger partial charge in [-0.1, -0.05) is 54.6 Å². The lowest BCUT2D eigenvalue weighted by molar-refractivity contribution is 0.483. The topological polar surface area (TPSA) is 160 Å². The van der Waals surface area contributed by atoms with E-state index in [1.165, 1.54) is 12.1 Å². The van der Waals surface area contributed by atoms with Crippen molar-refractivity contribution in [3.63, 3.8) is 0 Å². The maximum absolute atomic E-state index is 12.3. The summed E-state index contributed by atoms with van der Waals surface area (Å²) in [5.74, 6) is 1.63. The van der Waals surface area contributed by atoms with Crippen molar-refractivity contribution < 1.29 is 13.0 Å². The zero-order chi connectivity index (χ0) is 44.4. The van der Waals surface area contributed by atoms with Gasteiger partial charge in [-0.25, -0.2) is 19.8 Å². The number of benzene rings is 7. The van der Waals surface area contributed by atoms with E-state index in [1.54, 1.807) is 30.3 Å². The first-order valence-electron chi connectivity index (χ1n) is 20.1. The fourth-order valence-electron chi connectivity index (χ4n) is 8.44. The van der Waals surface area contributed by atoms with Crippen LogP contribution in [0.2, 0.25) is 0 Å². The van der Waals surface area contributed by atoms with Gasteiger partial charge in [0.2, 0.25) is 0 Å². The summed E-state index contributed by atoms with van der Waals surface area (Å²) >= 11 is 0. The number of hydrogen-bond donors (Lipinski definition) is 1. The maximum Gasteiger partial charge on any atom is 0.294 e. The van der Waals surface area contributed by atoms with Crippen molar-refractivity contribution in [2.45, 2.75) is 25.7 Å². The van der Waals surface area contributed by atoms with E-state index in [0.29, 0.717) is 78.6 Å². The van der Waals surface area contributed by atoms with Gasteiger partial charge in [-0.2, -0.15) is 18.9 Å². The van der Waals surface area contributed by atoms with Crippen LogP contribution in [0.4, 0.5) is 5.69 Å². The fraction of sp³-hybridized carbons (Fsp3) is 0.0588. The van der Waals surface area contributed by atoms with Gasteiger partial charge in [0.1, 0.15) is 50.6 Å². The van der Waals surface area contributed by atoms with Crippen molar-refractivity contribution in [1.29, 1.82) is 10.5 Å². The molecule has 3 heterocycles. The number of fused-ring (bicyclic) bond motifs is 6. The first-order valence-corrected chi connectivity index (χ1v) is 21.5. The molecule has 0 aliphatic rings. The lowest BCUT2D eigenvalue weighted by Gasteiger charge is -2.13. The Kier molecular flexibility index (Phi) is 9.28. The minimum absolute atomic E-state index is 0.276. The van der Waals surface area contributed by atoms with E-state index < -0.39 is 10.1 Å². The summed E-state index contributed by atoms with van der Waals surface area (Å²) in [6, 6.07) is 46.9. The minimum atomic E-state index is -4.53. The third-order valence-electron chi connectivity index (χ3n) is 11.5. The third kappa shape index (κ3) is 6.29. The minimum Gasteiger partial charge on any atom is -0.290 e. The van der Waals surface area contributed by atoms with Crippen LogP contribution in [0, 0.1) is 50.0 Å². The molecule has 3 aromatic heterocycles. The largest absolute Gasteiger partial charge is 0.294 e. The molecule has 0 fully saturated rings. The van der Waals surface area contributed by atoms with Gasteiger partial charge < -0.3 is 0 Å². The molecular weight excluding hydrogens is 819 g/mol. The Morgan fingerprint density at radius 2 is 0.906 bits per heavy atom. The van der Waals surface area contributed by atoms with Crippen molar-refractivity contribution in [1.82, 2.24) is 28.7 Å². The van der Waals surface area contributed by atoms with E-state index in [-0.39, 0.29) is 4.90 Å². The average Bonchev–Trinajstić information content (AvgIpc) is 4.02. The Balaban J connectivity index is 1.48. The Morgan fingerprint density at radius 1 is 0.531 bits per heavy atom. The number of nitrogens with zero attached hydrogens (tertiary/aromatic N) is 9. The highest BCUT2D eigenvalue weighted by atomic mass is 32.2.